The summed E-state index contributed by atoms with van der Waals surface area (Å²) in [5.41, 5.74) is 0. The Bertz CT molecular complexity index is 561. The molecule has 4 heteroatoms. The van der Waals surface area contributed by atoms with Gasteiger partial charge in [-0.05, 0) is 38.5 Å². The van der Waals surface area contributed by atoms with Gasteiger partial charge in [-0.15, -0.1) is 0 Å². The lowest BCUT2D eigenvalue weighted by Crippen LogP contribution is -2.27. The van der Waals surface area contributed by atoms with Crippen molar-refractivity contribution in [3.05, 3.63) is 12.2 Å². The largest absolute Gasteiger partial charge is 0.457 e. The standard InChI is InChI=1S/C39H76O4/c1-3-5-7-9-11-13-14-15-16-17-18-19-20-21-22-23-24-25-27-29-31-33-35-42-37-38(36-40)43-39(41)34-32-30-28-26-12-10-8-6-4-2/h17-18,38,40H,3-16,19-37H2,1-2H3/b18-17-. The van der Waals surface area contributed by atoms with Crippen molar-refractivity contribution in [2.24, 2.45) is 0 Å². The van der Waals surface area contributed by atoms with Gasteiger partial charge in [0.25, 0.3) is 0 Å². The van der Waals surface area contributed by atoms with Crippen molar-refractivity contribution < 1.29 is 19.4 Å². The van der Waals surface area contributed by atoms with Crippen LogP contribution in [-0.4, -0.2) is 37.0 Å². The molecule has 0 aliphatic carbocycles. The van der Waals surface area contributed by atoms with Crippen LogP contribution in [0.15, 0.2) is 12.2 Å². The number of esters is 1. The van der Waals surface area contributed by atoms with E-state index in [-0.39, 0.29) is 12.6 Å². The number of carbonyl (C=O) groups excluding carboxylic acids is 1. The topological polar surface area (TPSA) is 55.8 Å². The van der Waals surface area contributed by atoms with E-state index in [4.69, 9.17) is 9.47 Å². The number of hydrogen-bond acceptors (Lipinski definition) is 4. The van der Waals surface area contributed by atoms with E-state index >= 15 is 0 Å². The Morgan fingerprint density at radius 3 is 1.33 bits per heavy atom. The van der Waals surface area contributed by atoms with Crippen LogP contribution in [-0.2, 0) is 14.3 Å². The molecule has 0 saturated heterocycles. The van der Waals surface area contributed by atoms with E-state index in [0.29, 0.717) is 19.6 Å². The van der Waals surface area contributed by atoms with Crippen LogP contribution in [0.1, 0.15) is 206 Å². The molecule has 1 atom stereocenters. The number of ether oxygens (including phenoxy) is 2. The van der Waals surface area contributed by atoms with Gasteiger partial charge in [-0.3, -0.25) is 4.79 Å². The molecule has 1 unspecified atom stereocenters. The molecule has 0 aromatic rings. The van der Waals surface area contributed by atoms with E-state index in [1.807, 2.05) is 0 Å². The summed E-state index contributed by atoms with van der Waals surface area (Å²) >= 11 is 0. The Labute approximate surface area is 269 Å². The zero-order valence-electron chi connectivity index (χ0n) is 29.2. The molecule has 0 radical (unpaired) electrons. The SMILES string of the molecule is CCCCCCCCCC/C=C\CCCCCCCCCCCCOCC(CO)OC(=O)CCCCCCCCCCC. The second-order valence-corrected chi connectivity index (χ2v) is 13.0. The zero-order valence-corrected chi connectivity index (χ0v) is 29.2. The average molecular weight is 609 g/mol. The van der Waals surface area contributed by atoms with Crippen molar-refractivity contribution in [2.45, 2.75) is 213 Å². The summed E-state index contributed by atoms with van der Waals surface area (Å²) in [7, 11) is 0. The first-order chi connectivity index (χ1) is 21.2. The normalized spacial score (nSPS) is 12.3. The highest BCUT2D eigenvalue weighted by Gasteiger charge is 2.13. The molecule has 0 rings (SSSR count). The molecule has 0 aliphatic heterocycles. The van der Waals surface area contributed by atoms with Gasteiger partial charge in [0, 0.05) is 13.0 Å². The second-order valence-electron chi connectivity index (χ2n) is 13.0. The molecular weight excluding hydrogens is 532 g/mol. The lowest BCUT2D eigenvalue weighted by Gasteiger charge is -2.16. The van der Waals surface area contributed by atoms with Crippen molar-refractivity contribution in [2.75, 3.05) is 19.8 Å². The van der Waals surface area contributed by atoms with Gasteiger partial charge in [0.2, 0.25) is 0 Å². The molecule has 0 saturated carbocycles. The summed E-state index contributed by atoms with van der Waals surface area (Å²) in [5.74, 6) is -0.202. The summed E-state index contributed by atoms with van der Waals surface area (Å²) in [6.45, 7) is 5.35. The Balaban J connectivity index is 3.35. The first-order valence-electron chi connectivity index (χ1n) is 19.3. The number of aliphatic hydroxyl groups is 1. The molecule has 0 heterocycles. The van der Waals surface area contributed by atoms with Crippen molar-refractivity contribution in [1.29, 1.82) is 0 Å². The van der Waals surface area contributed by atoms with Crippen molar-refractivity contribution >= 4 is 5.97 Å². The van der Waals surface area contributed by atoms with Gasteiger partial charge in [0.15, 0.2) is 0 Å². The fraction of sp³-hybridized carbons (Fsp3) is 0.923. The first kappa shape index (κ1) is 42.1. The van der Waals surface area contributed by atoms with E-state index in [0.717, 1.165) is 19.3 Å². The van der Waals surface area contributed by atoms with Crippen LogP contribution in [0.2, 0.25) is 0 Å². The van der Waals surface area contributed by atoms with Crippen LogP contribution >= 0.6 is 0 Å². The molecule has 0 aliphatic rings. The summed E-state index contributed by atoms with van der Waals surface area (Å²) in [5, 5.41) is 9.53. The highest BCUT2D eigenvalue weighted by molar-refractivity contribution is 5.69. The fourth-order valence-electron chi connectivity index (χ4n) is 5.68. The van der Waals surface area contributed by atoms with Crippen LogP contribution in [0, 0.1) is 0 Å². The molecule has 4 nitrogen and oxygen atoms in total. The monoisotopic (exact) mass is 609 g/mol. The van der Waals surface area contributed by atoms with Gasteiger partial charge in [-0.2, -0.15) is 0 Å². The van der Waals surface area contributed by atoms with Gasteiger partial charge >= 0.3 is 5.97 Å². The predicted octanol–water partition coefficient (Wildman–Crippen LogP) is 12.2. The highest BCUT2D eigenvalue weighted by atomic mass is 16.6. The number of unbranched alkanes of at least 4 members (excludes halogenated alkanes) is 26. The minimum atomic E-state index is -0.526. The van der Waals surface area contributed by atoms with Crippen molar-refractivity contribution in [3.63, 3.8) is 0 Å². The highest BCUT2D eigenvalue weighted by Crippen LogP contribution is 2.14. The van der Waals surface area contributed by atoms with E-state index < -0.39 is 6.10 Å². The van der Waals surface area contributed by atoms with E-state index in [9.17, 15) is 9.90 Å². The molecule has 0 aromatic carbocycles. The third-order valence-corrected chi connectivity index (χ3v) is 8.59. The Morgan fingerprint density at radius 2 is 0.907 bits per heavy atom. The third kappa shape index (κ3) is 35.5. The quantitative estimate of drug-likeness (QED) is 0.0437. The van der Waals surface area contributed by atoms with E-state index in [1.54, 1.807) is 0 Å². The Morgan fingerprint density at radius 1 is 0.535 bits per heavy atom. The number of rotatable bonds is 36. The van der Waals surface area contributed by atoms with Crippen LogP contribution in [0.4, 0.5) is 0 Å². The predicted molar refractivity (Wildman–Crippen MR) is 187 cm³/mol. The molecule has 256 valence electrons. The lowest BCUT2D eigenvalue weighted by molar-refractivity contribution is -0.154. The summed E-state index contributed by atoms with van der Waals surface area (Å²) < 4.78 is 11.1. The summed E-state index contributed by atoms with van der Waals surface area (Å²) in [6, 6.07) is 0. The molecule has 0 fully saturated rings. The number of hydrogen-bond donors (Lipinski definition) is 1. The maximum atomic E-state index is 12.1. The second kappa shape index (κ2) is 37.3. The fourth-order valence-corrected chi connectivity index (χ4v) is 5.68. The minimum Gasteiger partial charge on any atom is -0.457 e. The average Bonchev–Trinajstić information content (AvgIpc) is 3.01. The van der Waals surface area contributed by atoms with E-state index in [1.165, 1.54) is 167 Å². The minimum absolute atomic E-state index is 0.167. The first-order valence-corrected chi connectivity index (χ1v) is 19.3. The molecule has 43 heavy (non-hydrogen) atoms. The number of aliphatic hydroxyl groups excluding tert-OH is 1. The van der Waals surface area contributed by atoms with Crippen LogP contribution < -0.4 is 0 Å². The summed E-state index contributed by atoms with van der Waals surface area (Å²) in [4.78, 5) is 12.1. The molecule has 0 aromatic heterocycles. The van der Waals surface area contributed by atoms with Crippen LogP contribution in [0.5, 0.6) is 0 Å². The number of carbonyl (C=O) groups is 1. The molecular formula is C39H76O4. The Hall–Kier alpha value is -0.870. The van der Waals surface area contributed by atoms with Crippen LogP contribution in [0.3, 0.4) is 0 Å². The maximum absolute atomic E-state index is 12.1. The van der Waals surface area contributed by atoms with Gasteiger partial charge < -0.3 is 14.6 Å². The Kier molecular flexibility index (Phi) is 36.6. The number of allylic oxidation sites excluding steroid dienone is 2. The summed E-state index contributed by atoms with van der Waals surface area (Å²) in [6.07, 6.45) is 42.7. The van der Waals surface area contributed by atoms with Crippen molar-refractivity contribution in [1.82, 2.24) is 0 Å². The maximum Gasteiger partial charge on any atom is 0.306 e. The smallest absolute Gasteiger partial charge is 0.306 e. The molecule has 1 N–H and O–H groups in total. The lowest BCUT2D eigenvalue weighted by atomic mass is 10.1. The van der Waals surface area contributed by atoms with Gasteiger partial charge in [-0.25, -0.2) is 0 Å². The van der Waals surface area contributed by atoms with Gasteiger partial charge in [0.1, 0.15) is 6.10 Å². The van der Waals surface area contributed by atoms with Gasteiger partial charge in [0.05, 0.1) is 13.2 Å². The third-order valence-electron chi connectivity index (χ3n) is 8.59. The molecule has 0 bridgehead atoms. The molecule has 0 spiro atoms. The molecule has 0 amide bonds. The van der Waals surface area contributed by atoms with E-state index in [2.05, 4.69) is 26.0 Å². The zero-order chi connectivity index (χ0) is 31.3. The van der Waals surface area contributed by atoms with Gasteiger partial charge in [-0.1, -0.05) is 174 Å². The van der Waals surface area contributed by atoms with Crippen LogP contribution in [0.25, 0.3) is 0 Å². The van der Waals surface area contributed by atoms with Crippen molar-refractivity contribution in [3.8, 4) is 0 Å².